The first-order valence-electron chi connectivity index (χ1n) is 7.71. The second-order valence-electron chi connectivity index (χ2n) is 5.89. The number of nitrogens with zero attached hydrogens (tertiary/aromatic N) is 1. The molecular formula is C17H23NO6. The van der Waals surface area contributed by atoms with Gasteiger partial charge in [0.2, 0.25) is 0 Å². The molecule has 1 heterocycles. The highest BCUT2D eigenvalue weighted by Crippen LogP contribution is 2.35. The Labute approximate surface area is 141 Å². The number of benzene rings is 1. The molecule has 7 heteroatoms. The standard InChI is InChI=1S/C17H23NO6/c1-22-11-17(16(20)21)8-5-9-18(10-17)15(19)14-12(23-2)6-4-7-13(14)24-3/h4,6-7H,5,8-11H2,1-3H3,(H,20,21). The molecule has 0 bridgehead atoms. The average Bonchev–Trinajstić information content (AvgIpc) is 2.60. The summed E-state index contributed by atoms with van der Waals surface area (Å²) in [7, 11) is 4.43. The smallest absolute Gasteiger partial charge is 0.313 e. The fourth-order valence-corrected chi connectivity index (χ4v) is 3.16. The van der Waals surface area contributed by atoms with Gasteiger partial charge >= 0.3 is 5.97 Å². The van der Waals surface area contributed by atoms with Crippen molar-refractivity contribution in [3.05, 3.63) is 23.8 Å². The van der Waals surface area contributed by atoms with Crippen LogP contribution in [0.15, 0.2) is 18.2 Å². The predicted molar refractivity (Wildman–Crippen MR) is 86.6 cm³/mol. The molecule has 1 aliphatic rings. The number of hydrogen-bond donors (Lipinski definition) is 1. The summed E-state index contributed by atoms with van der Waals surface area (Å²) in [5, 5.41) is 9.62. The van der Waals surface area contributed by atoms with Crippen LogP contribution < -0.4 is 9.47 Å². The Hall–Kier alpha value is -2.28. The molecular weight excluding hydrogens is 314 g/mol. The van der Waals surface area contributed by atoms with Gasteiger partial charge in [0.1, 0.15) is 22.5 Å². The van der Waals surface area contributed by atoms with Crippen molar-refractivity contribution in [1.82, 2.24) is 4.90 Å². The number of carbonyl (C=O) groups excluding carboxylic acids is 1. The van der Waals surface area contributed by atoms with Gasteiger partial charge in [-0.1, -0.05) is 6.07 Å². The Bertz CT molecular complexity index is 591. The van der Waals surface area contributed by atoms with Gasteiger partial charge in [-0.15, -0.1) is 0 Å². The highest BCUT2D eigenvalue weighted by atomic mass is 16.5. The molecule has 1 saturated heterocycles. The fraction of sp³-hybridized carbons (Fsp3) is 0.529. The van der Waals surface area contributed by atoms with E-state index in [2.05, 4.69) is 0 Å². The zero-order chi connectivity index (χ0) is 17.7. The zero-order valence-electron chi connectivity index (χ0n) is 14.2. The maximum absolute atomic E-state index is 13.0. The summed E-state index contributed by atoms with van der Waals surface area (Å²) in [4.78, 5) is 26.3. The monoisotopic (exact) mass is 337 g/mol. The molecule has 1 aromatic rings. The van der Waals surface area contributed by atoms with Crippen molar-refractivity contribution in [2.24, 2.45) is 5.41 Å². The van der Waals surface area contributed by atoms with E-state index in [0.717, 1.165) is 0 Å². The second kappa shape index (κ2) is 7.53. The molecule has 1 N–H and O–H groups in total. The van der Waals surface area contributed by atoms with E-state index in [0.29, 0.717) is 36.4 Å². The molecule has 0 aliphatic carbocycles. The summed E-state index contributed by atoms with van der Waals surface area (Å²) in [6, 6.07) is 5.09. The van der Waals surface area contributed by atoms with E-state index in [1.807, 2.05) is 0 Å². The second-order valence-corrected chi connectivity index (χ2v) is 5.89. The fourth-order valence-electron chi connectivity index (χ4n) is 3.16. The molecule has 2 rings (SSSR count). The first-order valence-corrected chi connectivity index (χ1v) is 7.71. The number of piperidine rings is 1. The van der Waals surface area contributed by atoms with Gasteiger partial charge in [0.25, 0.3) is 5.91 Å². The van der Waals surface area contributed by atoms with Crippen molar-refractivity contribution in [2.45, 2.75) is 12.8 Å². The largest absolute Gasteiger partial charge is 0.496 e. The van der Waals surface area contributed by atoms with E-state index in [1.54, 1.807) is 18.2 Å². The van der Waals surface area contributed by atoms with Crippen LogP contribution in [0.2, 0.25) is 0 Å². The van der Waals surface area contributed by atoms with Crippen LogP contribution in [0.3, 0.4) is 0 Å². The van der Waals surface area contributed by atoms with Gasteiger partial charge < -0.3 is 24.2 Å². The number of carboxylic acid groups (broad SMARTS) is 1. The summed E-state index contributed by atoms with van der Waals surface area (Å²) < 4.78 is 15.7. The minimum Gasteiger partial charge on any atom is -0.496 e. The van der Waals surface area contributed by atoms with Gasteiger partial charge in [-0.2, -0.15) is 0 Å². The molecule has 1 aromatic carbocycles. The quantitative estimate of drug-likeness (QED) is 0.850. The molecule has 1 amide bonds. The molecule has 0 saturated carbocycles. The Morgan fingerprint density at radius 1 is 1.21 bits per heavy atom. The van der Waals surface area contributed by atoms with E-state index in [4.69, 9.17) is 14.2 Å². The van der Waals surface area contributed by atoms with Crippen molar-refractivity contribution in [3.8, 4) is 11.5 Å². The maximum atomic E-state index is 13.0. The average molecular weight is 337 g/mol. The minimum absolute atomic E-state index is 0.0647. The lowest BCUT2D eigenvalue weighted by molar-refractivity contribution is -0.155. The van der Waals surface area contributed by atoms with E-state index >= 15 is 0 Å². The predicted octanol–water partition coefficient (Wildman–Crippen LogP) is 1.66. The van der Waals surface area contributed by atoms with Crippen LogP contribution in [0.1, 0.15) is 23.2 Å². The van der Waals surface area contributed by atoms with Crippen molar-refractivity contribution in [3.63, 3.8) is 0 Å². The lowest BCUT2D eigenvalue weighted by Gasteiger charge is -2.39. The summed E-state index contributed by atoms with van der Waals surface area (Å²) in [6.45, 7) is 0.643. The molecule has 132 valence electrons. The van der Waals surface area contributed by atoms with E-state index < -0.39 is 11.4 Å². The number of hydrogen-bond acceptors (Lipinski definition) is 5. The topological polar surface area (TPSA) is 85.3 Å². The number of carbonyl (C=O) groups is 2. The number of likely N-dealkylation sites (tertiary alicyclic amines) is 1. The van der Waals surface area contributed by atoms with Gasteiger partial charge in [0.05, 0.1) is 20.8 Å². The van der Waals surface area contributed by atoms with E-state index in [-0.39, 0.29) is 19.1 Å². The molecule has 1 aliphatic heterocycles. The van der Waals surface area contributed by atoms with Gasteiger partial charge in [0.15, 0.2) is 0 Å². The van der Waals surface area contributed by atoms with Crippen molar-refractivity contribution < 1.29 is 28.9 Å². The first-order chi connectivity index (χ1) is 11.5. The minimum atomic E-state index is -1.09. The lowest BCUT2D eigenvalue weighted by atomic mass is 9.80. The summed E-state index contributed by atoms with van der Waals surface area (Å²) in [5.74, 6) is -0.449. The van der Waals surface area contributed by atoms with E-state index in [9.17, 15) is 14.7 Å². The third-order valence-electron chi connectivity index (χ3n) is 4.38. The van der Waals surface area contributed by atoms with Crippen LogP contribution in [0.4, 0.5) is 0 Å². The Morgan fingerprint density at radius 3 is 2.33 bits per heavy atom. The number of methoxy groups -OCH3 is 3. The molecule has 0 spiro atoms. The molecule has 0 aromatic heterocycles. The number of carboxylic acids is 1. The van der Waals surface area contributed by atoms with Gasteiger partial charge in [0, 0.05) is 20.2 Å². The molecule has 1 fully saturated rings. The lowest BCUT2D eigenvalue weighted by Crippen LogP contribution is -2.52. The summed E-state index contributed by atoms with van der Waals surface area (Å²) in [6.07, 6.45) is 1.07. The Balaban J connectivity index is 2.35. The molecule has 1 unspecified atom stereocenters. The van der Waals surface area contributed by atoms with Crippen molar-refractivity contribution in [1.29, 1.82) is 0 Å². The van der Waals surface area contributed by atoms with Gasteiger partial charge in [-0.25, -0.2) is 0 Å². The molecule has 1 atom stereocenters. The highest BCUT2D eigenvalue weighted by molar-refractivity contribution is 6.00. The number of aliphatic carboxylic acids is 1. The van der Waals surface area contributed by atoms with Crippen LogP contribution in [-0.4, -0.2) is 62.9 Å². The SMILES string of the molecule is COCC1(C(=O)O)CCCN(C(=O)c2c(OC)cccc2OC)C1. The number of amides is 1. The molecule has 7 nitrogen and oxygen atoms in total. The number of rotatable bonds is 6. The third-order valence-corrected chi connectivity index (χ3v) is 4.38. The Morgan fingerprint density at radius 2 is 1.83 bits per heavy atom. The van der Waals surface area contributed by atoms with Crippen LogP contribution in [0.5, 0.6) is 11.5 Å². The molecule has 0 radical (unpaired) electrons. The van der Waals surface area contributed by atoms with Gasteiger partial charge in [-0.05, 0) is 25.0 Å². The van der Waals surface area contributed by atoms with Crippen LogP contribution in [0.25, 0.3) is 0 Å². The van der Waals surface area contributed by atoms with Gasteiger partial charge in [-0.3, -0.25) is 9.59 Å². The highest BCUT2D eigenvalue weighted by Gasteiger charge is 2.44. The van der Waals surface area contributed by atoms with Crippen LogP contribution >= 0.6 is 0 Å². The van der Waals surface area contributed by atoms with Crippen LogP contribution in [-0.2, 0) is 9.53 Å². The van der Waals surface area contributed by atoms with Crippen LogP contribution in [0, 0.1) is 5.41 Å². The normalized spacial score (nSPS) is 20.5. The third kappa shape index (κ3) is 3.31. The van der Waals surface area contributed by atoms with E-state index in [1.165, 1.54) is 26.2 Å². The number of ether oxygens (including phenoxy) is 3. The summed E-state index contributed by atoms with van der Waals surface area (Å²) >= 11 is 0. The van der Waals surface area contributed by atoms with Crippen molar-refractivity contribution >= 4 is 11.9 Å². The Kier molecular flexibility index (Phi) is 5.66. The summed E-state index contributed by atoms with van der Waals surface area (Å²) in [5.41, 5.74) is -0.779. The van der Waals surface area contributed by atoms with Crippen molar-refractivity contribution in [2.75, 3.05) is 41.0 Å². The maximum Gasteiger partial charge on any atom is 0.313 e. The first kappa shape index (κ1) is 18.1. The molecule has 24 heavy (non-hydrogen) atoms. The zero-order valence-corrected chi connectivity index (χ0v) is 14.2.